The molecule has 0 aliphatic rings. The Morgan fingerprint density at radius 1 is 1.35 bits per heavy atom. The van der Waals surface area contributed by atoms with Crippen molar-refractivity contribution in [2.45, 2.75) is 40.2 Å². The molecule has 0 fully saturated rings. The van der Waals surface area contributed by atoms with E-state index >= 15 is 0 Å². The maximum Gasteiger partial charge on any atom is 0.218 e. The monoisotopic (exact) mass is 276 g/mol. The first kappa shape index (κ1) is 14.3. The molecule has 2 aromatic heterocycles. The Balaban J connectivity index is 2.09. The summed E-state index contributed by atoms with van der Waals surface area (Å²) < 4.78 is 10.7. The van der Waals surface area contributed by atoms with Crippen LogP contribution in [0.5, 0.6) is 5.88 Å². The van der Waals surface area contributed by atoms with Crippen LogP contribution in [0, 0.1) is 13.8 Å². The highest BCUT2D eigenvalue weighted by molar-refractivity contribution is 5.41. The van der Waals surface area contributed by atoms with Crippen molar-refractivity contribution in [2.75, 3.05) is 11.9 Å². The molecule has 2 rings (SSSR count). The van der Waals surface area contributed by atoms with Crippen molar-refractivity contribution < 1.29 is 9.26 Å². The van der Waals surface area contributed by atoms with Crippen LogP contribution < -0.4 is 10.1 Å². The van der Waals surface area contributed by atoms with Gasteiger partial charge >= 0.3 is 0 Å². The van der Waals surface area contributed by atoms with Gasteiger partial charge in [-0.1, -0.05) is 12.1 Å². The summed E-state index contributed by atoms with van der Waals surface area (Å²) in [6.07, 6.45) is 2.44. The minimum Gasteiger partial charge on any atom is -0.478 e. The van der Waals surface area contributed by atoms with Crippen molar-refractivity contribution in [1.29, 1.82) is 0 Å². The number of rotatable bonds is 6. The molecular weight excluding hydrogens is 256 g/mol. The van der Waals surface area contributed by atoms with Crippen LogP contribution in [0.4, 0.5) is 5.82 Å². The summed E-state index contributed by atoms with van der Waals surface area (Å²) >= 11 is 0. The zero-order valence-electron chi connectivity index (χ0n) is 12.3. The predicted molar refractivity (Wildman–Crippen MR) is 75.8 cm³/mol. The summed E-state index contributed by atoms with van der Waals surface area (Å²) in [5.74, 6) is 2.12. The van der Waals surface area contributed by atoms with E-state index in [1.807, 2.05) is 20.8 Å². The Morgan fingerprint density at radius 2 is 2.15 bits per heavy atom. The van der Waals surface area contributed by atoms with Gasteiger partial charge in [-0.2, -0.15) is 0 Å². The van der Waals surface area contributed by atoms with Crippen molar-refractivity contribution in [3.8, 4) is 5.88 Å². The highest BCUT2D eigenvalue weighted by Gasteiger charge is 2.16. The Morgan fingerprint density at radius 3 is 2.80 bits per heavy atom. The van der Waals surface area contributed by atoms with Gasteiger partial charge in [-0.25, -0.2) is 9.97 Å². The third-order valence-electron chi connectivity index (χ3n) is 2.98. The standard InChI is InChI=1S/C14H20N4O2/c1-5-6-19-13-7-12(15-8-16-13)17-9(2)14-10(3)18-20-11(14)4/h7-9H,5-6H2,1-4H3,(H,15,16,17). The number of aryl methyl sites for hydroxylation is 2. The lowest BCUT2D eigenvalue weighted by Crippen LogP contribution is -2.10. The van der Waals surface area contributed by atoms with E-state index in [0.717, 1.165) is 29.3 Å². The molecular formula is C14H20N4O2. The van der Waals surface area contributed by atoms with Crippen LogP contribution in [-0.4, -0.2) is 21.7 Å². The number of hydrogen-bond acceptors (Lipinski definition) is 6. The fourth-order valence-corrected chi connectivity index (χ4v) is 2.11. The SMILES string of the molecule is CCCOc1cc(NC(C)c2c(C)noc2C)ncn1. The molecule has 0 radical (unpaired) electrons. The zero-order valence-corrected chi connectivity index (χ0v) is 12.3. The first-order chi connectivity index (χ1) is 9.61. The maximum absolute atomic E-state index is 5.49. The van der Waals surface area contributed by atoms with Gasteiger partial charge in [-0.15, -0.1) is 0 Å². The van der Waals surface area contributed by atoms with Gasteiger partial charge in [0.15, 0.2) is 0 Å². The molecule has 0 bridgehead atoms. The number of anilines is 1. The number of aromatic nitrogens is 3. The molecule has 6 nitrogen and oxygen atoms in total. The fraction of sp³-hybridized carbons (Fsp3) is 0.500. The van der Waals surface area contributed by atoms with Gasteiger partial charge in [-0.3, -0.25) is 0 Å². The van der Waals surface area contributed by atoms with Crippen LogP contribution in [0.3, 0.4) is 0 Å². The van der Waals surface area contributed by atoms with E-state index in [0.29, 0.717) is 12.5 Å². The third kappa shape index (κ3) is 3.26. The van der Waals surface area contributed by atoms with Gasteiger partial charge in [0.2, 0.25) is 5.88 Å². The zero-order chi connectivity index (χ0) is 14.5. The van der Waals surface area contributed by atoms with Crippen molar-refractivity contribution in [3.63, 3.8) is 0 Å². The van der Waals surface area contributed by atoms with Gasteiger partial charge in [-0.05, 0) is 27.2 Å². The largest absolute Gasteiger partial charge is 0.478 e. The fourth-order valence-electron chi connectivity index (χ4n) is 2.11. The molecule has 2 heterocycles. The van der Waals surface area contributed by atoms with E-state index in [-0.39, 0.29) is 6.04 Å². The van der Waals surface area contributed by atoms with Crippen LogP contribution in [0.25, 0.3) is 0 Å². The molecule has 108 valence electrons. The van der Waals surface area contributed by atoms with Crippen LogP contribution in [0.1, 0.15) is 43.3 Å². The molecule has 1 N–H and O–H groups in total. The van der Waals surface area contributed by atoms with Crippen LogP contribution in [0.15, 0.2) is 16.9 Å². The molecule has 0 aliphatic heterocycles. The number of ether oxygens (including phenoxy) is 1. The molecule has 6 heteroatoms. The summed E-state index contributed by atoms with van der Waals surface area (Å²) in [6, 6.07) is 1.85. The maximum atomic E-state index is 5.49. The van der Waals surface area contributed by atoms with E-state index in [9.17, 15) is 0 Å². The number of nitrogens with zero attached hydrogens (tertiary/aromatic N) is 3. The quantitative estimate of drug-likeness (QED) is 0.874. The summed E-state index contributed by atoms with van der Waals surface area (Å²) in [5, 5.41) is 7.28. The lowest BCUT2D eigenvalue weighted by molar-refractivity contribution is 0.305. The van der Waals surface area contributed by atoms with E-state index in [1.54, 1.807) is 6.07 Å². The van der Waals surface area contributed by atoms with E-state index in [1.165, 1.54) is 6.33 Å². The molecule has 20 heavy (non-hydrogen) atoms. The predicted octanol–water partition coefficient (Wildman–Crippen LogP) is 3.04. The molecule has 1 atom stereocenters. The van der Waals surface area contributed by atoms with Gasteiger partial charge in [0.25, 0.3) is 0 Å². The lowest BCUT2D eigenvalue weighted by Gasteiger charge is -2.14. The summed E-state index contributed by atoms with van der Waals surface area (Å²) in [6.45, 7) is 8.58. The average Bonchev–Trinajstić information content (AvgIpc) is 2.76. The van der Waals surface area contributed by atoms with Crippen molar-refractivity contribution >= 4 is 5.82 Å². The Bertz CT molecular complexity index is 549. The molecule has 0 saturated heterocycles. The smallest absolute Gasteiger partial charge is 0.218 e. The van der Waals surface area contributed by atoms with Gasteiger partial charge in [0.1, 0.15) is 17.9 Å². The van der Waals surface area contributed by atoms with Crippen molar-refractivity contribution in [1.82, 2.24) is 15.1 Å². The Kier molecular flexibility index (Phi) is 4.55. The molecule has 0 amide bonds. The van der Waals surface area contributed by atoms with E-state index in [4.69, 9.17) is 9.26 Å². The minimum atomic E-state index is 0.0511. The summed E-state index contributed by atoms with van der Waals surface area (Å²) in [7, 11) is 0. The first-order valence-corrected chi connectivity index (χ1v) is 6.76. The van der Waals surface area contributed by atoms with Gasteiger partial charge in [0, 0.05) is 11.6 Å². The van der Waals surface area contributed by atoms with E-state index in [2.05, 4.69) is 27.4 Å². The second-order valence-corrected chi connectivity index (χ2v) is 4.69. The van der Waals surface area contributed by atoms with Crippen LogP contribution in [-0.2, 0) is 0 Å². The third-order valence-corrected chi connectivity index (χ3v) is 2.98. The first-order valence-electron chi connectivity index (χ1n) is 6.76. The summed E-state index contributed by atoms with van der Waals surface area (Å²) in [5.41, 5.74) is 1.94. The molecule has 0 spiro atoms. The Labute approximate surface area is 118 Å². The van der Waals surface area contributed by atoms with Crippen LogP contribution in [0.2, 0.25) is 0 Å². The van der Waals surface area contributed by atoms with Gasteiger partial charge in [0.05, 0.1) is 18.3 Å². The Hall–Kier alpha value is -2.11. The summed E-state index contributed by atoms with van der Waals surface area (Å²) in [4.78, 5) is 8.28. The van der Waals surface area contributed by atoms with E-state index < -0.39 is 0 Å². The molecule has 2 aromatic rings. The van der Waals surface area contributed by atoms with Crippen molar-refractivity contribution in [3.05, 3.63) is 29.4 Å². The normalized spacial score (nSPS) is 12.2. The number of hydrogen-bond donors (Lipinski definition) is 1. The lowest BCUT2D eigenvalue weighted by atomic mass is 10.1. The second-order valence-electron chi connectivity index (χ2n) is 4.69. The number of nitrogens with one attached hydrogen (secondary N) is 1. The topological polar surface area (TPSA) is 73.1 Å². The molecule has 0 aromatic carbocycles. The van der Waals surface area contributed by atoms with Gasteiger partial charge < -0.3 is 14.6 Å². The molecule has 1 unspecified atom stereocenters. The van der Waals surface area contributed by atoms with Crippen molar-refractivity contribution in [2.24, 2.45) is 0 Å². The average molecular weight is 276 g/mol. The highest BCUT2D eigenvalue weighted by Crippen LogP contribution is 2.24. The second kappa shape index (κ2) is 6.36. The van der Waals surface area contributed by atoms with Crippen LogP contribution >= 0.6 is 0 Å². The minimum absolute atomic E-state index is 0.0511. The molecule has 0 aliphatic carbocycles. The molecule has 0 saturated carbocycles. The highest BCUT2D eigenvalue weighted by atomic mass is 16.5.